The summed E-state index contributed by atoms with van der Waals surface area (Å²) >= 11 is 5.12. The van der Waals surface area contributed by atoms with Crippen molar-refractivity contribution >= 4 is 17.6 Å². The predicted octanol–water partition coefficient (Wildman–Crippen LogP) is 0.908. The first-order valence-corrected chi connectivity index (χ1v) is 3.00. The van der Waals surface area contributed by atoms with Gasteiger partial charge in [0.1, 0.15) is 0 Å². The van der Waals surface area contributed by atoms with E-state index < -0.39 is 5.97 Å². The molecule has 0 aliphatic carbocycles. The van der Waals surface area contributed by atoms with Crippen LogP contribution in [0.3, 0.4) is 0 Å². The number of carbonyl (C=O) groups is 1. The molecule has 0 aliphatic heterocycles. The molecule has 0 unspecified atom stereocenters. The van der Waals surface area contributed by atoms with Gasteiger partial charge in [-0.25, -0.2) is 0 Å². The molecule has 0 amide bonds. The molecule has 1 N–H and O–H groups in total. The van der Waals surface area contributed by atoms with Gasteiger partial charge in [-0.3, -0.25) is 10.0 Å². The normalized spacial score (nSPS) is 10.8. The van der Waals surface area contributed by atoms with Crippen molar-refractivity contribution in [2.45, 2.75) is 6.92 Å². The fourth-order valence-corrected chi connectivity index (χ4v) is 0.395. The fourth-order valence-electron chi connectivity index (χ4n) is 0.316. The Bertz CT molecular complexity index is 137. The number of halogens is 1. The maximum atomic E-state index is 10.1. The Hall–Kier alpha value is -0.580. The number of hydrogen-bond acceptors (Lipinski definition) is 4. The second kappa shape index (κ2) is 5.22. The maximum absolute atomic E-state index is 10.1. The van der Waals surface area contributed by atoms with E-state index in [1.54, 1.807) is 0 Å². The minimum Gasteiger partial charge on any atom is -0.343 e. The minimum absolute atomic E-state index is 0.0586. The van der Waals surface area contributed by atoms with Crippen LogP contribution in [0.1, 0.15) is 6.92 Å². The van der Waals surface area contributed by atoms with Crippen LogP contribution >= 0.6 is 11.6 Å². The second-order valence-corrected chi connectivity index (χ2v) is 1.73. The van der Waals surface area contributed by atoms with E-state index in [9.17, 15) is 4.79 Å². The molecule has 0 aliphatic rings. The lowest BCUT2D eigenvalue weighted by molar-refractivity contribution is -0.310. The van der Waals surface area contributed by atoms with Gasteiger partial charge in [-0.05, 0) is 5.23 Å². The van der Waals surface area contributed by atoms with Crippen molar-refractivity contribution in [2.24, 2.45) is 0 Å². The van der Waals surface area contributed by atoms with E-state index in [1.807, 2.05) is 0 Å². The van der Waals surface area contributed by atoms with Gasteiger partial charge in [-0.1, -0.05) is 17.7 Å². The predicted molar refractivity (Wildman–Crippen MR) is 35.3 cm³/mol. The molecule has 0 aromatic rings. The van der Waals surface area contributed by atoms with E-state index in [0.29, 0.717) is 5.23 Å². The van der Waals surface area contributed by atoms with Crippen molar-refractivity contribution < 1.29 is 14.8 Å². The Morgan fingerprint density at radius 1 is 1.90 bits per heavy atom. The van der Waals surface area contributed by atoms with Gasteiger partial charge < -0.3 is 4.84 Å². The van der Waals surface area contributed by atoms with Crippen LogP contribution in [-0.2, 0) is 9.63 Å². The highest BCUT2D eigenvalue weighted by molar-refractivity contribution is 6.25. The van der Waals surface area contributed by atoms with Gasteiger partial charge in [0.05, 0.1) is 6.54 Å². The van der Waals surface area contributed by atoms with Crippen molar-refractivity contribution in [3.05, 3.63) is 11.6 Å². The topological polar surface area (TPSA) is 49.8 Å². The van der Waals surface area contributed by atoms with Crippen LogP contribution in [0.2, 0.25) is 0 Å². The van der Waals surface area contributed by atoms with Crippen LogP contribution in [0.25, 0.3) is 0 Å². The molecule has 0 bridgehead atoms. The third kappa shape index (κ3) is 5.55. The number of carbonyl (C=O) groups excluding carboxylic acids is 1. The van der Waals surface area contributed by atoms with Crippen molar-refractivity contribution in [1.29, 1.82) is 0 Å². The number of nitrogens with zero attached hydrogens (tertiary/aromatic N) is 1. The molecule has 0 saturated heterocycles. The summed E-state index contributed by atoms with van der Waals surface area (Å²) in [5, 5.41) is 9.02. The van der Waals surface area contributed by atoms with Crippen molar-refractivity contribution in [3.8, 4) is 0 Å². The van der Waals surface area contributed by atoms with Gasteiger partial charge in [0, 0.05) is 12.5 Å². The summed E-state index contributed by atoms with van der Waals surface area (Å²) in [6.45, 7) is 1.25. The fraction of sp³-hybridized carbons (Fsp3) is 0.400. The van der Waals surface area contributed by atoms with Gasteiger partial charge in [-0.2, -0.15) is 0 Å². The zero-order valence-corrected chi connectivity index (χ0v) is 6.21. The quantitative estimate of drug-likeness (QED) is 0.632. The van der Waals surface area contributed by atoms with Crippen LogP contribution in [0.4, 0.5) is 0 Å². The van der Waals surface area contributed by atoms with Crippen LogP contribution < -0.4 is 0 Å². The highest BCUT2D eigenvalue weighted by Crippen LogP contribution is 1.87. The molecule has 0 atom stereocenters. The van der Waals surface area contributed by atoms with Crippen molar-refractivity contribution in [3.63, 3.8) is 0 Å². The molecule has 0 aromatic carbocycles. The van der Waals surface area contributed by atoms with Crippen LogP contribution in [0.15, 0.2) is 11.6 Å². The molecule has 5 heteroatoms. The monoisotopic (exact) mass is 165 g/mol. The lowest BCUT2D eigenvalue weighted by Gasteiger charge is -2.08. The van der Waals surface area contributed by atoms with Gasteiger partial charge in [0.25, 0.3) is 0 Å². The highest BCUT2D eigenvalue weighted by atomic mass is 35.5. The average Bonchev–Trinajstić information content (AvgIpc) is 1.82. The van der Waals surface area contributed by atoms with Gasteiger partial charge in [0.2, 0.25) is 0 Å². The molecular weight excluding hydrogens is 158 g/mol. The molecule has 0 saturated carbocycles. The Kier molecular flexibility index (Phi) is 4.92. The second-order valence-electron chi connectivity index (χ2n) is 1.48. The molecule has 0 heterocycles. The summed E-state index contributed by atoms with van der Waals surface area (Å²) in [7, 11) is 0. The molecule has 0 aromatic heterocycles. The molecule has 0 radical (unpaired) electrons. The lowest BCUT2D eigenvalue weighted by Crippen LogP contribution is -2.22. The molecule has 0 fully saturated rings. The smallest absolute Gasteiger partial charge is 0.325 e. The molecule has 0 spiro atoms. The van der Waals surface area contributed by atoms with Crippen LogP contribution in [0, 0.1) is 0 Å². The van der Waals surface area contributed by atoms with Crippen LogP contribution in [-0.4, -0.2) is 22.9 Å². The third-order valence-corrected chi connectivity index (χ3v) is 0.763. The highest BCUT2D eigenvalue weighted by Gasteiger charge is 1.99. The van der Waals surface area contributed by atoms with Gasteiger partial charge >= 0.3 is 5.97 Å². The minimum atomic E-state index is -0.578. The van der Waals surface area contributed by atoms with Crippen molar-refractivity contribution in [2.75, 3.05) is 6.54 Å². The average molecular weight is 166 g/mol. The first-order valence-electron chi connectivity index (χ1n) is 2.57. The van der Waals surface area contributed by atoms with E-state index in [0.717, 1.165) is 0 Å². The number of hydroxylamine groups is 2. The summed E-state index contributed by atoms with van der Waals surface area (Å²) in [6, 6.07) is 0. The summed E-state index contributed by atoms with van der Waals surface area (Å²) in [6.07, 6.45) is 1.42. The molecular formula is C5H8ClNO3. The zero-order valence-electron chi connectivity index (χ0n) is 5.45. The van der Waals surface area contributed by atoms with Gasteiger partial charge in [-0.15, -0.1) is 0 Å². The number of hydrogen-bond donors (Lipinski definition) is 1. The standard InChI is InChI=1S/C5H8ClNO3/c1-5(8)10-7(9)4-2-3-6/h2-3,9H,4H2,1H3/b3-2+. The Morgan fingerprint density at radius 3 is 2.90 bits per heavy atom. The Balaban J connectivity index is 3.43. The Morgan fingerprint density at radius 2 is 2.50 bits per heavy atom. The van der Waals surface area contributed by atoms with Crippen molar-refractivity contribution in [1.82, 2.24) is 5.23 Å². The summed E-state index contributed by atoms with van der Waals surface area (Å²) in [4.78, 5) is 14.3. The molecule has 0 rings (SSSR count). The largest absolute Gasteiger partial charge is 0.343 e. The first kappa shape index (κ1) is 9.42. The van der Waals surface area contributed by atoms with E-state index in [2.05, 4.69) is 4.84 Å². The maximum Gasteiger partial charge on any atom is 0.325 e. The van der Waals surface area contributed by atoms with Crippen LogP contribution in [0.5, 0.6) is 0 Å². The molecule has 10 heavy (non-hydrogen) atoms. The first-order chi connectivity index (χ1) is 4.66. The summed E-state index contributed by atoms with van der Waals surface area (Å²) < 4.78 is 0. The summed E-state index contributed by atoms with van der Waals surface area (Å²) in [5.74, 6) is -0.578. The summed E-state index contributed by atoms with van der Waals surface area (Å²) in [5.41, 5.74) is 1.21. The zero-order chi connectivity index (χ0) is 7.98. The molecule has 58 valence electrons. The van der Waals surface area contributed by atoms with E-state index in [-0.39, 0.29) is 6.54 Å². The Labute approximate surface area is 63.5 Å². The SMILES string of the molecule is CC(=O)ON(O)C/C=C/Cl. The van der Waals surface area contributed by atoms with E-state index >= 15 is 0 Å². The lowest BCUT2D eigenvalue weighted by atomic mass is 10.6. The van der Waals surface area contributed by atoms with E-state index in [1.165, 1.54) is 18.5 Å². The third-order valence-electron chi connectivity index (χ3n) is 0.585. The van der Waals surface area contributed by atoms with Gasteiger partial charge in [0.15, 0.2) is 0 Å². The molecule has 4 nitrogen and oxygen atoms in total. The number of rotatable bonds is 3. The van der Waals surface area contributed by atoms with E-state index in [4.69, 9.17) is 16.8 Å².